The van der Waals surface area contributed by atoms with Crippen LogP contribution < -0.4 is 4.74 Å². The number of benzene rings is 1. The van der Waals surface area contributed by atoms with Crippen LogP contribution in [-0.4, -0.2) is 24.7 Å². The number of aliphatic hydroxyl groups excluding tert-OH is 1. The Morgan fingerprint density at radius 3 is 2.50 bits per heavy atom. The van der Waals surface area contributed by atoms with E-state index in [0.717, 1.165) is 11.3 Å². The van der Waals surface area contributed by atoms with Crippen molar-refractivity contribution in [1.82, 2.24) is 0 Å². The molecule has 0 heterocycles. The second kappa shape index (κ2) is 6.59. The van der Waals surface area contributed by atoms with Gasteiger partial charge in [-0.05, 0) is 22.3 Å². The second-order valence-corrected chi connectivity index (χ2v) is 4.92. The van der Waals surface area contributed by atoms with Crippen LogP contribution in [0.25, 0.3) is 0 Å². The van der Waals surface area contributed by atoms with Gasteiger partial charge in [0.2, 0.25) is 0 Å². The Morgan fingerprint density at radius 1 is 1.38 bits per heavy atom. The Bertz CT molecular complexity index is 334. The van der Waals surface area contributed by atoms with Crippen molar-refractivity contribution in [2.24, 2.45) is 0 Å². The Balaban J connectivity index is 2.34. The molecule has 0 bridgehead atoms. The van der Waals surface area contributed by atoms with Crippen LogP contribution in [0.2, 0.25) is 0 Å². The zero-order valence-electron chi connectivity index (χ0n) is 9.42. The molecule has 0 radical (unpaired) electrons. The lowest BCUT2D eigenvalue weighted by atomic mass is 10.1. The van der Waals surface area contributed by atoms with E-state index >= 15 is 0 Å². The molecule has 1 aromatic carbocycles. The highest BCUT2D eigenvalue weighted by Gasteiger charge is 2.24. The highest BCUT2D eigenvalue weighted by atomic mass is 31.1. The van der Waals surface area contributed by atoms with Crippen molar-refractivity contribution in [3.8, 4) is 5.75 Å². The zero-order chi connectivity index (χ0) is 12.0. The molecule has 1 aromatic rings. The molecule has 4 nitrogen and oxygen atoms in total. The summed E-state index contributed by atoms with van der Waals surface area (Å²) in [5, 5.41) is 8.96. The van der Waals surface area contributed by atoms with Gasteiger partial charge in [0.25, 0.3) is 5.85 Å². The Kier molecular flexibility index (Phi) is 5.39. The minimum Gasteiger partial charge on any atom is -0.497 e. The van der Waals surface area contributed by atoms with Crippen LogP contribution in [0.1, 0.15) is 12.5 Å². The number of hydrogen-bond donors (Lipinski definition) is 1. The maximum absolute atomic E-state index is 11.1. The smallest absolute Gasteiger partial charge is 0.497 e. The van der Waals surface area contributed by atoms with Gasteiger partial charge in [0.1, 0.15) is 12.4 Å². The molecule has 0 aliphatic rings. The second-order valence-electron chi connectivity index (χ2n) is 3.35. The van der Waals surface area contributed by atoms with Crippen molar-refractivity contribution in [2.75, 3.05) is 13.7 Å². The SMILES string of the molecule is COc1ccc(CCO[P+](=O)C(C)O)cc1. The molecule has 88 valence electrons. The molecule has 16 heavy (non-hydrogen) atoms. The molecule has 1 N–H and O–H groups in total. The number of rotatable bonds is 6. The van der Waals surface area contributed by atoms with E-state index in [9.17, 15) is 4.57 Å². The van der Waals surface area contributed by atoms with Gasteiger partial charge in [0.05, 0.1) is 7.11 Å². The topological polar surface area (TPSA) is 55.8 Å². The van der Waals surface area contributed by atoms with Gasteiger partial charge in [-0.1, -0.05) is 12.1 Å². The monoisotopic (exact) mass is 243 g/mol. The first-order valence-electron chi connectivity index (χ1n) is 5.03. The van der Waals surface area contributed by atoms with E-state index in [1.165, 1.54) is 6.92 Å². The Morgan fingerprint density at radius 2 is 2.00 bits per heavy atom. The highest BCUT2D eigenvalue weighted by molar-refractivity contribution is 7.39. The minimum absolute atomic E-state index is 0.340. The fourth-order valence-electron chi connectivity index (χ4n) is 1.15. The molecule has 0 saturated carbocycles. The van der Waals surface area contributed by atoms with Gasteiger partial charge in [-0.15, -0.1) is 4.52 Å². The molecule has 0 spiro atoms. The lowest BCUT2D eigenvalue weighted by Gasteiger charge is -2.01. The van der Waals surface area contributed by atoms with Crippen LogP contribution in [0.5, 0.6) is 5.75 Å². The first-order chi connectivity index (χ1) is 7.63. The summed E-state index contributed by atoms with van der Waals surface area (Å²) in [6.45, 7) is 1.79. The van der Waals surface area contributed by atoms with Crippen LogP contribution in [0.3, 0.4) is 0 Å². The quantitative estimate of drug-likeness (QED) is 0.779. The van der Waals surface area contributed by atoms with Gasteiger partial charge < -0.3 is 9.84 Å². The molecule has 0 aliphatic carbocycles. The van der Waals surface area contributed by atoms with Crippen molar-refractivity contribution < 1.29 is 18.9 Å². The number of hydrogen-bond acceptors (Lipinski definition) is 4. The van der Waals surface area contributed by atoms with E-state index in [2.05, 4.69) is 0 Å². The summed E-state index contributed by atoms with van der Waals surface area (Å²) in [6, 6.07) is 7.59. The van der Waals surface area contributed by atoms with Gasteiger partial charge >= 0.3 is 8.03 Å². The predicted molar refractivity (Wildman–Crippen MR) is 61.9 cm³/mol. The largest absolute Gasteiger partial charge is 0.539 e. The standard InChI is InChI=1S/C11H16O4P/c1-9(12)16(13)15-8-7-10-3-5-11(14-2)6-4-10/h3-6,9,12H,7-8H2,1-2H3/q+1. The molecule has 0 saturated heterocycles. The van der Waals surface area contributed by atoms with E-state index in [-0.39, 0.29) is 0 Å². The fraction of sp³-hybridized carbons (Fsp3) is 0.455. The average Bonchev–Trinajstić information content (AvgIpc) is 2.29. The number of ether oxygens (including phenoxy) is 1. The van der Waals surface area contributed by atoms with Crippen LogP contribution in [0, 0.1) is 0 Å². The molecule has 5 heteroatoms. The molecule has 0 amide bonds. The lowest BCUT2D eigenvalue weighted by molar-refractivity contribution is 0.233. The molecule has 0 aromatic heterocycles. The molecule has 2 atom stereocenters. The van der Waals surface area contributed by atoms with Crippen molar-refractivity contribution in [3.05, 3.63) is 29.8 Å². The Hall–Kier alpha value is -0.960. The maximum Gasteiger partial charge on any atom is 0.539 e. The van der Waals surface area contributed by atoms with E-state index < -0.39 is 13.9 Å². The highest BCUT2D eigenvalue weighted by Crippen LogP contribution is 2.27. The van der Waals surface area contributed by atoms with Crippen molar-refractivity contribution in [1.29, 1.82) is 0 Å². The van der Waals surface area contributed by atoms with E-state index in [4.69, 9.17) is 14.4 Å². The van der Waals surface area contributed by atoms with E-state index in [0.29, 0.717) is 13.0 Å². The van der Waals surface area contributed by atoms with Crippen molar-refractivity contribution in [3.63, 3.8) is 0 Å². The molecule has 0 aliphatic heterocycles. The van der Waals surface area contributed by atoms with Gasteiger partial charge in [-0.3, -0.25) is 0 Å². The summed E-state index contributed by atoms with van der Waals surface area (Å²) in [4.78, 5) is 0. The maximum atomic E-state index is 11.1. The van der Waals surface area contributed by atoms with Crippen molar-refractivity contribution >= 4 is 8.03 Å². The number of aliphatic hydroxyl groups is 1. The third-order valence-corrected chi connectivity index (χ3v) is 3.12. The first-order valence-corrected chi connectivity index (χ1v) is 6.28. The average molecular weight is 243 g/mol. The van der Waals surface area contributed by atoms with Crippen LogP contribution in [0.15, 0.2) is 24.3 Å². The minimum atomic E-state index is -1.96. The van der Waals surface area contributed by atoms with Gasteiger partial charge in [-0.25, -0.2) is 0 Å². The van der Waals surface area contributed by atoms with Gasteiger partial charge in [0, 0.05) is 13.3 Å². The predicted octanol–water partition coefficient (Wildman–Crippen LogP) is 2.33. The third kappa shape index (κ3) is 4.27. The lowest BCUT2D eigenvalue weighted by Crippen LogP contribution is -1.99. The molecular formula is C11H16O4P+. The molecular weight excluding hydrogens is 227 g/mol. The van der Waals surface area contributed by atoms with Crippen LogP contribution in [0.4, 0.5) is 0 Å². The van der Waals surface area contributed by atoms with E-state index in [1.54, 1.807) is 7.11 Å². The summed E-state index contributed by atoms with van der Waals surface area (Å²) in [7, 11) is -0.348. The van der Waals surface area contributed by atoms with Gasteiger partial charge in [0.15, 0.2) is 0 Å². The molecule has 1 rings (SSSR count). The normalized spacial score (nSPS) is 13.3. The summed E-state index contributed by atoms with van der Waals surface area (Å²) < 4.78 is 21.1. The molecule has 0 fully saturated rings. The van der Waals surface area contributed by atoms with E-state index in [1.807, 2.05) is 24.3 Å². The summed E-state index contributed by atoms with van der Waals surface area (Å²) in [5.74, 6) is -0.106. The van der Waals surface area contributed by atoms with Crippen LogP contribution >= 0.6 is 8.03 Å². The van der Waals surface area contributed by atoms with Crippen molar-refractivity contribution in [2.45, 2.75) is 19.2 Å². The zero-order valence-corrected chi connectivity index (χ0v) is 10.3. The number of methoxy groups -OCH3 is 1. The summed E-state index contributed by atoms with van der Waals surface area (Å²) in [5.41, 5.74) is 1.08. The Labute approximate surface area is 96.1 Å². The third-order valence-electron chi connectivity index (χ3n) is 2.07. The summed E-state index contributed by atoms with van der Waals surface area (Å²) >= 11 is 0. The van der Waals surface area contributed by atoms with Crippen LogP contribution in [-0.2, 0) is 15.5 Å². The first kappa shape index (κ1) is 13.1. The van der Waals surface area contributed by atoms with Gasteiger partial charge in [-0.2, -0.15) is 0 Å². The fourth-order valence-corrected chi connectivity index (χ4v) is 1.64. The summed E-state index contributed by atoms with van der Waals surface area (Å²) in [6.07, 6.45) is 0.664. The molecule has 2 unspecified atom stereocenters.